The van der Waals surface area contributed by atoms with Crippen LogP contribution in [0.25, 0.3) is 16.7 Å². The monoisotopic (exact) mass is 438 g/mol. The quantitative estimate of drug-likeness (QED) is 0.354. The van der Waals surface area contributed by atoms with Crippen molar-refractivity contribution in [1.82, 2.24) is 30.0 Å². The van der Waals surface area contributed by atoms with Gasteiger partial charge in [0.05, 0.1) is 23.8 Å². The number of fused-ring (bicyclic) bond motifs is 3. The molecule has 2 amide bonds. The van der Waals surface area contributed by atoms with E-state index in [0.29, 0.717) is 33.1 Å². The maximum Gasteiger partial charge on any atom is 0.269 e. The van der Waals surface area contributed by atoms with Crippen LogP contribution in [0.4, 0.5) is 0 Å². The number of benzene rings is 2. The lowest BCUT2D eigenvalue weighted by atomic mass is 10.2. The molecule has 0 aliphatic carbocycles. The number of aromatic nitrogens is 4. The van der Waals surface area contributed by atoms with E-state index < -0.39 is 11.8 Å². The van der Waals surface area contributed by atoms with Crippen LogP contribution >= 0.6 is 11.8 Å². The third kappa shape index (κ3) is 3.94. The van der Waals surface area contributed by atoms with Gasteiger partial charge in [0.2, 0.25) is 11.7 Å². The second-order valence-electron chi connectivity index (χ2n) is 6.52. The lowest BCUT2D eigenvalue weighted by molar-refractivity contribution is -0.119. The van der Waals surface area contributed by atoms with E-state index in [1.54, 1.807) is 53.9 Å². The van der Waals surface area contributed by atoms with Crippen LogP contribution in [0.2, 0.25) is 0 Å². The average Bonchev–Trinajstić information content (AvgIpc) is 3.24. The van der Waals surface area contributed by atoms with Gasteiger partial charge in [0.1, 0.15) is 5.75 Å². The number of carbonyl (C=O) groups excluding carboxylic acids is 2. The average molecular weight is 438 g/mol. The summed E-state index contributed by atoms with van der Waals surface area (Å²) in [5.41, 5.74) is 5.60. The van der Waals surface area contributed by atoms with Gasteiger partial charge in [-0.2, -0.15) is 0 Å². The fourth-order valence-electron chi connectivity index (χ4n) is 3.01. The molecule has 0 atom stereocenters. The third-order valence-electron chi connectivity index (χ3n) is 4.60. The zero-order chi connectivity index (χ0) is 22.0. The Balaban J connectivity index is 1.45. The van der Waals surface area contributed by atoms with E-state index in [4.69, 9.17) is 4.74 Å². The summed E-state index contributed by atoms with van der Waals surface area (Å²) < 4.78 is 8.19. The molecule has 0 fully saturated rings. The van der Waals surface area contributed by atoms with Crippen LogP contribution in [-0.2, 0) is 11.8 Å². The Bertz CT molecular complexity index is 1350. The third-order valence-corrected chi connectivity index (χ3v) is 5.53. The zero-order valence-electron chi connectivity index (χ0n) is 16.7. The summed E-state index contributed by atoms with van der Waals surface area (Å²) in [5, 5.41) is 9.17. The summed E-state index contributed by atoms with van der Waals surface area (Å²) in [4.78, 5) is 36.8. The molecule has 158 valence electrons. The van der Waals surface area contributed by atoms with Gasteiger partial charge in [-0.1, -0.05) is 23.9 Å². The number of thioether (sulfide) groups is 1. The Morgan fingerprint density at radius 1 is 1.06 bits per heavy atom. The molecule has 2 heterocycles. The minimum absolute atomic E-state index is 0.0130. The second kappa shape index (κ2) is 8.48. The molecule has 10 nitrogen and oxygen atoms in total. The highest BCUT2D eigenvalue weighted by molar-refractivity contribution is 7.99. The van der Waals surface area contributed by atoms with Crippen LogP contribution in [0.3, 0.4) is 0 Å². The molecule has 2 aromatic heterocycles. The summed E-state index contributed by atoms with van der Waals surface area (Å²) in [7, 11) is 3.16. The topological polar surface area (TPSA) is 120 Å². The van der Waals surface area contributed by atoms with Gasteiger partial charge in [0, 0.05) is 12.6 Å². The first-order valence-electron chi connectivity index (χ1n) is 9.18. The summed E-state index contributed by atoms with van der Waals surface area (Å²) in [5.74, 6) is 0.121. The smallest absolute Gasteiger partial charge is 0.269 e. The number of hydrogen-bond acceptors (Lipinski definition) is 7. The number of aryl methyl sites for hydroxylation is 1. The van der Waals surface area contributed by atoms with Gasteiger partial charge >= 0.3 is 0 Å². The van der Waals surface area contributed by atoms with Crippen molar-refractivity contribution in [3.8, 4) is 5.75 Å². The highest BCUT2D eigenvalue weighted by atomic mass is 32.2. The molecule has 2 N–H and O–H groups in total. The SMILES string of the molecule is COc1ccc(C(=O)NNC(=O)CSc2nnc3n(C)c(=O)c4ccccc4n23)cc1. The zero-order valence-corrected chi connectivity index (χ0v) is 17.5. The van der Waals surface area contributed by atoms with Crippen molar-refractivity contribution in [1.29, 1.82) is 0 Å². The van der Waals surface area contributed by atoms with Gasteiger partial charge in [-0.05, 0) is 36.4 Å². The van der Waals surface area contributed by atoms with Crippen LogP contribution < -0.4 is 21.1 Å². The molecular formula is C20H18N6O4S. The lowest BCUT2D eigenvalue weighted by Gasteiger charge is -2.09. The van der Waals surface area contributed by atoms with Gasteiger partial charge in [0.15, 0.2) is 5.16 Å². The molecular weight excluding hydrogens is 420 g/mol. The molecule has 31 heavy (non-hydrogen) atoms. The Hall–Kier alpha value is -3.86. The molecule has 4 rings (SSSR count). The number of hydrazine groups is 1. The molecule has 11 heteroatoms. The molecule has 2 aromatic carbocycles. The number of rotatable bonds is 5. The Morgan fingerprint density at radius 3 is 2.55 bits per heavy atom. The first-order valence-corrected chi connectivity index (χ1v) is 10.2. The molecule has 0 unspecified atom stereocenters. The minimum Gasteiger partial charge on any atom is -0.497 e. The van der Waals surface area contributed by atoms with Gasteiger partial charge in [-0.15, -0.1) is 10.2 Å². The van der Waals surface area contributed by atoms with Gasteiger partial charge in [-0.25, -0.2) is 0 Å². The van der Waals surface area contributed by atoms with E-state index in [1.165, 1.54) is 11.7 Å². The normalized spacial score (nSPS) is 10.9. The second-order valence-corrected chi connectivity index (χ2v) is 7.46. The predicted molar refractivity (Wildman–Crippen MR) is 115 cm³/mol. The van der Waals surface area contributed by atoms with Gasteiger partial charge < -0.3 is 4.74 Å². The number of amides is 2. The lowest BCUT2D eigenvalue weighted by Crippen LogP contribution is -2.42. The highest BCUT2D eigenvalue weighted by Crippen LogP contribution is 2.21. The maximum absolute atomic E-state index is 12.5. The molecule has 0 spiro atoms. The number of carbonyl (C=O) groups is 2. The van der Waals surface area contributed by atoms with Crippen molar-refractivity contribution in [2.75, 3.05) is 12.9 Å². The van der Waals surface area contributed by atoms with Gasteiger partial charge in [0.25, 0.3) is 11.5 Å². The molecule has 0 aliphatic rings. The first kappa shape index (κ1) is 20.4. The van der Waals surface area contributed by atoms with Crippen molar-refractivity contribution in [2.45, 2.75) is 5.16 Å². The van der Waals surface area contributed by atoms with Gasteiger partial charge in [-0.3, -0.25) is 34.2 Å². The molecule has 0 bridgehead atoms. The molecule has 0 saturated heterocycles. The Kier molecular flexibility index (Phi) is 5.58. The van der Waals surface area contributed by atoms with E-state index >= 15 is 0 Å². The number of methoxy groups -OCH3 is 1. The Morgan fingerprint density at radius 2 is 1.81 bits per heavy atom. The number of hydrogen-bond donors (Lipinski definition) is 2. The summed E-state index contributed by atoms with van der Waals surface area (Å²) in [6.45, 7) is 0. The van der Waals surface area contributed by atoms with E-state index in [1.807, 2.05) is 6.07 Å². The number of ether oxygens (including phenoxy) is 1. The van der Waals surface area contributed by atoms with E-state index in [-0.39, 0.29) is 11.3 Å². The van der Waals surface area contributed by atoms with E-state index in [0.717, 1.165) is 11.8 Å². The van der Waals surface area contributed by atoms with Crippen molar-refractivity contribution in [2.24, 2.45) is 7.05 Å². The van der Waals surface area contributed by atoms with Crippen molar-refractivity contribution in [3.05, 3.63) is 64.4 Å². The molecule has 4 aromatic rings. The van der Waals surface area contributed by atoms with Crippen LogP contribution in [0, 0.1) is 0 Å². The number of nitrogens with zero attached hydrogens (tertiary/aromatic N) is 4. The van der Waals surface area contributed by atoms with Crippen LogP contribution in [-0.4, -0.2) is 43.8 Å². The maximum atomic E-state index is 12.5. The largest absolute Gasteiger partial charge is 0.497 e. The predicted octanol–water partition coefficient (Wildman–Crippen LogP) is 1.14. The fraction of sp³-hybridized carbons (Fsp3) is 0.150. The number of nitrogens with one attached hydrogen (secondary N) is 2. The van der Waals surface area contributed by atoms with Crippen molar-refractivity contribution in [3.63, 3.8) is 0 Å². The summed E-state index contributed by atoms with van der Waals surface area (Å²) in [6, 6.07) is 13.6. The summed E-state index contributed by atoms with van der Waals surface area (Å²) >= 11 is 1.14. The summed E-state index contributed by atoms with van der Waals surface area (Å²) in [6.07, 6.45) is 0. The standard InChI is InChI=1S/C20H18N6O4S/c1-25-18(29)14-5-3-4-6-15(14)26-19(25)23-24-20(26)31-11-16(27)21-22-17(28)12-7-9-13(30-2)10-8-12/h3-10H,11H2,1-2H3,(H,21,27)(H,22,28). The van der Waals surface area contributed by atoms with Crippen LogP contribution in [0.15, 0.2) is 58.5 Å². The highest BCUT2D eigenvalue weighted by Gasteiger charge is 2.16. The molecule has 0 radical (unpaired) electrons. The van der Waals surface area contributed by atoms with Crippen molar-refractivity contribution < 1.29 is 14.3 Å². The van der Waals surface area contributed by atoms with Crippen molar-refractivity contribution >= 4 is 40.3 Å². The molecule has 0 aliphatic heterocycles. The van der Waals surface area contributed by atoms with E-state index in [9.17, 15) is 14.4 Å². The van der Waals surface area contributed by atoms with Crippen LogP contribution in [0.5, 0.6) is 5.75 Å². The minimum atomic E-state index is -0.449. The van der Waals surface area contributed by atoms with Crippen LogP contribution in [0.1, 0.15) is 10.4 Å². The number of para-hydroxylation sites is 1. The Labute approximate surface area is 180 Å². The molecule has 0 saturated carbocycles. The first-order chi connectivity index (χ1) is 15.0. The van der Waals surface area contributed by atoms with E-state index in [2.05, 4.69) is 21.0 Å². The fourth-order valence-corrected chi connectivity index (χ4v) is 3.75.